The zero-order valence-corrected chi connectivity index (χ0v) is 8.08. The lowest BCUT2D eigenvalue weighted by Gasteiger charge is -2.13. The Morgan fingerprint density at radius 2 is 2.07 bits per heavy atom. The van der Waals surface area contributed by atoms with Crippen molar-refractivity contribution in [2.24, 2.45) is 0 Å². The fraction of sp³-hybridized carbons (Fsp3) is 0.400. The van der Waals surface area contributed by atoms with Gasteiger partial charge in [-0.1, -0.05) is 0 Å². The zero-order valence-electron chi connectivity index (χ0n) is 8.08. The van der Waals surface area contributed by atoms with Gasteiger partial charge in [0.05, 0.1) is 6.10 Å². The SMILES string of the molecule is CC(O)c1ccc(F)cc1OCC(F)F. The maximum Gasteiger partial charge on any atom is 0.272 e. The van der Waals surface area contributed by atoms with E-state index in [0.29, 0.717) is 0 Å². The van der Waals surface area contributed by atoms with Crippen LogP contribution < -0.4 is 4.74 Å². The maximum atomic E-state index is 12.8. The second kappa shape index (κ2) is 5.02. The van der Waals surface area contributed by atoms with Crippen LogP contribution in [-0.4, -0.2) is 18.1 Å². The van der Waals surface area contributed by atoms with Gasteiger partial charge in [0.15, 0.2) is 0 Å². The summed E-state index contributed by atoms with van der Waals surface area (Å²) in [5.41, 5.74) is 0.289. The number of benzene rings is 1. The molecular formula is C10H11F3O2. The summed E-state index contributed by atoms with van der Waals surface area (Å²) in [7, 11) is 0. The van der Waals surface area contributed by atoms with Crippen molar-refractivity contribution in [3.05, 3.63) is 29.6 Å². The summed E-state index contributed by atoms with van der Waals surface area (Å²) in [6.07, 6.45) is -3.52. The molecule has 1 atom stereocenters. The van der Waals surface area contributed by atoms with E-state index in [1.54, 1.807) is 0 Å². The lowest BCUT2D eigenvalue weighted by Crippen LogP contribution is -2.09. The van der Waals surface area contributed by atoms with Crippen LogP contribution in [0.25, 0.3) is 0 Å². The summed E-state index contributed by atoms with van der Waals surface area (Å²) in [5.74, 6) is -0.644. The van der Waals surface area contributed by atoms with Crippen LogP contribution in [0.15, 0.2) is 18.2 Å². The highest BCUT2D eigenvalue weighted by molar-refractivity contribution is 5.35. The molecule has 0 heterocycles. The molecular weight excluding hydrogens is 209 g/mol. The molecule has 0 radical (unpaired) electrons. The molecule has 1 aromatic carbocycles. The average Bonchev–Trinajstić information content (AvgIpc) is 2.14. The van der Waals surface area contributed by atoms with Crippen molar-refractivity contribution in [3.8, 4) is 5.75 Å². The van der Waals surface area contributed by atoms with Crippen molar-refractivity contribution < 1.29 is 23.0 Å². The maximum absolute atomic E-state index is 12.8. The molecule has 0 fully saturated rings. The second-order valence-electron chi connectivity index (χ2n) is 3.06. The summed E-state index contributed by atoms with van der Waals surface area (Å²) >= 11 is 0. The highest BCUT2D eigenvalue weighted by Crippen LogP contribution is 2.26. The Morgan fingerprint density at radius 1 is 1.40 bits per heavy atom. The summed E-state index contributed by atoms with van der Waals surface area (Å²) in [6, 6.07) is 3.42. The van der Waals surface area contributed by atoms with Gasteiger partial charge in [-0.3, -0.25) is 0 Å². The Bertz CT molecular complexity index is 326. The highest BCUT2D eigenvalue weighted by atomic mass is 19.3. The van der Waals surface area contributed by atoms with Crippen LogP contribution in [0.3, 0.4) is 0 Å². The first kappa shape index (κ1) is 11.8. The molecule has 0 spiro atoms. The molecule has 0 aliphatic heterocycles. The van der Waals surface area contributed by atoms with Crippen molar-refractivity contribution in [1.82, 2.24) is 0 Å². The lowest BCUT2D eigenvalue weighted by molar-refractivity contribution is 0.0792. The van der Waals surface area contributed by atoms with E-state index in [2.05, 4.69) is 0 Å². The van der Waals surface area contributed by atoms with Gasteiger partial charge in [-0.05, 0) is 19.1 Å². The standard InChI is InChI=1S/C10H11F3O2/c1-6(14)8-3-2-7(11)4-9(8)15-5-10(12)13/h2-4,6,10,14H,5H2,1H3. The third kappa shape index (κ3) is 3.43. The van der Waals surface area contributed by atoms with Gasteiger partial charge in [0.1, 0.15) is 18.2 Å². The Morgan fingerprint density at radius 3 is 2.60 bits per heavy atom. The molecule has 15 heavy (non-hydrogen) atoms. The highest BCUT2D eigenvalue weighted by Gasteiger charge is 2.12. The van der Waals surface area contributed by atoms with Crippen LogP contribution in [0.1, 0.15) is 18.6 Å². The summed E-state index contributed by atoms with van der Waals surface area (Å²) in [6.45, 7) is 0.631. The first-order chi connectivity index (χ1) is 7.00. The molecule has 1 unspecified atom stereocenters. The molecule has 0 aliphatic rings. The Labute approximate surface area is 85.3 Å². The quantitative estimate of drug-likeness (QED) is 0.844. The first-order valence-electron chi connectivity index (χ1n) is 4.39. The fourth-order valence-electron chi connectivity index (χ4n) is 1.13. The smallest absolute Gasteiger partial charge is 0.272 e. The number of aliphatic hydroxyl groups is 1. The van der Waals surface area contributed by atoms with E-state index in [4.69, 9.17) is 4.74 Å². The molecule has 2 nitrogen and oxygen atoms in total. The summed E-state index contributed by atoms with van der Waals surface area (Å²) < 4.78 is 41.2. The van der Waals surface area contributed by atoms with Crippen molar-refractivity contribution in [3.63, 3.8) is 0 Å². The van der Waals surface area contributed by atoms with Gasteiger partial charge < -0.3 is 9.84 Å². The number of halogens is 3. The van der Waals surface area contributed by atoms with E-state index in [0.717, 1.165) is 12.1 Å². The molecule has 0 aliphatic carbocycles. The van der Waals surface area contributed by atoms with Crippen LogP contribution in [-0.2, 0) is 0 Å². The molecule has 0 amide bonds. The van der Waals surface area contributed by atoms with E-state index in [1.165, 1.54) is 13.0 Å². The van der Waals surface area contributed by atoms with Crippen LogP contribution in [0.5, 0.6) is 5.75 Å². The molecule has 1 rings (SSSR count). The van der Waals surface area contributed by atoms with Crippen molar-refractivity contribution >= 4 is 0 Å². The minimum atomic E-state index is -2.63. The van der Waals surface area contributed by atoms with Crippen molar-refractivity contribution in [1.29, 1.82) is 0 Å². The van der Waals surface area contributed by atoms with E-state index < -0.39 is 25.0 Å². The molecule has 5 heteroatoms. The number of aliphatic hydroxyl groups excluding tert-OH is 1. The van der Waals surface area contributed by atoms with Gasteiger partial charge in [-0.2, -0.15) is 0 Å². The lowest BCUT2D eigenvalue weighted by atomic mass is 10.1. The molecule has 0 saturated heterocycles. The Kier molecular flexibility index (Phi) is 3.96. The number of hydrogen-bond donors (Lipinski definition) is 1. The number of alkyl halides is 2. The topological polar surface area (TPSA) is 29.5 Å². The summed E-state index contributed by atoms with van der Waals surface area (Å²) in [5, 5.41) is 9.27. The van der Waals surface area contributed by atoms with Crippen LogP contribution in [0, 0.1) is 5.82 Å². The predicted molar refractivity (Wildman–Crippen MR) is 48.5 cm³/mol. The van der Waals surface area contributed by atoms with Crippen LogP contribution >= 0.6 is 0 Å². The average molecular weight is 220 g/mol. The zero-order chi connectivity index (χ0) is 11.4. The van der Waals surface area contributed by atoms with Gasteiger partial charge in [0.25, 0.3) is 6.43 Å². The molecule has 0 bridgehead atoms. The Balaban J connectivity index is 2.87. The van der Waals surface area contributed by atoms with E-state index in [9.17, 15) is 18.3 Å². The fourth-order valence-corrected chi connectivity index (χ4v) is 1.13. The Hall–Kier alpha value is -1.23. The minimum absolute atomic E-state index is 0.0506. The van der Waals surface area contributed by atoms with E-state index in [-0.39, 0.29) is 11.3 Å². The predicted octanol–water partition coefficient (Wildman–Crippen LogP) is 2.52. The molecule has 84 valence electrons. The monoisotopic (exact) mass is 220 g/mol. The first-order valence-corrected chi connectivity index (χ1v) is 4.39. The van der Waals surface area contributed by atoms with E-state index >= 15 is 0 Å². The minimum Gasteiger partial charge on any atom is -0.487 e. The van der Waals surface area contributed by atoms with Gasteiger partial charge in [-0.25, -0.2) is 13.2 Å². The second-order valence-corrected chi connectivity index (χ2v) is 3.06. The summed E-state index contributed by atoms with van der Waals surface area (Å²) in [4.78, 5) is 0. The molecule has 0 aromatic heterocycles. The van der Waals surface area contributed by atoms with Crippen molar-refractivity contribution in [2.45, 2.75) is 19.5 Å². The van der Waals surface area contributed by atoms with Gasteiger partial charge in [-0.15, -0.1) is 0 Å². The number of ether oxygens (including phenoxy) is 1. The molecule has 0 saturated carbocycles. The molecule has 1 aromatic rings. The number of rotatable bonds is 4. The third-order valence-corrected chi connectivity index (χ3v) is 1.79. The van der Waals surface area contributed by atoms with E-state index in [1.807, 2.05) is 0 Å². The van der Waals surface area contributed by atoms with Gasteiger partial charge >= 0.3 is 0 Å². The van der Waals surface area contributed by atoms with Crippen LogP contribution in [0.4, 0.5) is 13.2 Å². The van der Waals surface area contributed by atoms with Crippen LogP contribution in [0.2, 0.25) is 0 Å². The van der Waals surface area contributed by atoms with Crippen molar-refractivity contribution in [2.75, 3.05) is 6.61 Å². The largest absolute Gasteiger partial charge is 0.487 e. The molecule has 1 N–H and O–H groups in total. The van der Waals surface area contributed by atoms with Gasteiger partial charge in [0.2, 0.25) is 0 Å². The normalized spacial score (nSPS) is 12.9. The third-order valence-electron chi connectivity index (χ3n) is 1.79. The number of hydrogen-bond acceptors (Lipinski definition) is 2. The van der Waals surface area contributed by atoms with Gasteiger partial charge in [0, 0.05) is 11.6 Å².